The first-order valence-corrected chi connectivity index (χ1v) is 7.81. The molecule has 0 aliphatic heterocycles. The van der Waals surface area contributed by atoms with Crippen molar-refractivity contribution in [3.8, 4) is 5.75 Å². The maximum atomic E-state index is 12.4. The Morgan fingerprint density at radius 2 is 1.71 bits per heavy atom. The minimum atomic E-state index is -0.111. The molecule has 0 N–H and O–H groups in total. The molecule has 2 rings (SSSR count). The molecular formula is C18H20O2S. The Morgan fingerprint density at radius 1 is 1.05 bits per heavy atom. The topological polar surface area (TPSA) is 26.3 Å². The number of aryl methyl sites for hydroxylation is 2. The van der Waals surface area contributed by atoms with E-state index in [0.29, 0.717) is 0 Å². The second-order valence-corrected chi connectivity index (χ2v) is 6.51. The van der Waals surface area contributed by atoms with Crippen LogP contribution in [0, 0.1) is 13.8 Å². The second-order valence-electron chi connectivity index (χ2n) is 5.10. The first kappa shape index (κ1) is 15.6. The van der Waals surface area contributed by atoms with Crippen molar-refractivity contribution in [3.63, 3.8) is 0 Å². The molecule has 0 spiro atoms. The quantitative estimate of drug-likeness (QED) is 0.592. The molecule has 110 valence electrons. The van der Waals surface area contributed by atoms with Gasteiger partial charge in [-0.25, -0.2) is 0 Å². The maximum Gasteiger partial charge on any atom is 0.175 e. The fourth-order valence-corrected chi connectivity index (χ4v) is 3.08. The van der Waals surface area contributed by atoms with Crippen LogP contribution in [0.5, 0.6) is 5.75 Å². The summed E-state index contributed by atoms with van der Waals surface area (Å²) in [6.45, 7) is 6.14. The highest BCUT2D eigenvalue weighted by molar-refractivity contribution is 8.00. The second kappa shape index (κ2) is 6.81. The minimum Gasteiger partial charge on any atom is -0.497 e. The smallest absolute Gasteiger partial charge is 0.175 e. The highest BCUT2D eigenvalue weighted by Gasteiger charge is 2.16. The number of carbonyl (C=O) groups excluding carboxylic acids is 1. The molecule has 21 heavy (non-hydrogen) atoms. The summed E-state index contributed by atoms with van der Waals surface area (Å²) in [4.78, 5) is 13.6. The zero-order valence-electron chi connectivity index (χ0n) is 12.8. The van der Waals surface area contributed by atoms with E-state index in [1.807, 2.05) is 31.2 Å². The van der Waals surface area contributed by atoms with Crippen molar-refractivity contribution in [3.05, 3.63) is 59.2 Å². The van der Waals surface area contributed by atoms with E-state index in [1.54, 1.807) is 18.9 Å². The van der Waals surface area contributed by atoms with Crippen molar-refractivity contribution >= 4 is 17.5 Å². The summed E-state index contributed by atoms with van der Waals surface area (Å²) in [5.41, 5.74) is 3.25. The third kappa shape index (κ3) is 3.88. The van der Waals surface area contributed by atoms with Crippen LogP contribution in [-0.2, 0) is 0 Å². The summed E-state index contributed by atoms with van der Waals surface area (Å²) in [6, 6.07) is 13.6. The van der Waals surface area contributed by atoms with Crippen LogP contribution in [0.3, 0.4) is 0 Å². The molecule has 0 aliphatic rings. The Kier molecular flexibility index (Phi) is 5.07. The number of Topliss-reactive ketones (excluding diaryl/α,β-unsaturated/α-hetero) is 1. The summed E-state index contributed by atoms with van der Waals surface area (Å²) in [6.07, 6.45) is 0. The normalized spacial score (nSPS) is 12.0. The van der Waals surface area contributed by atoms with Crippen LogP contribution < -0.4 is 4.74 Å². The molecule has 0 saturated carbocycles. The first-order chi connectivity index (χ1) is 10.0. The van der Waals surface area contributed by atoms with Crippen molar-refractivity contribution in [1.29, 1.82) is 0 Å². The Hall–Kier alpha value is -1.74. The number of carbonyl (C=O) groups is 1. The molecule has 0 fully saturated rings. The van der Waals surface area contributed by atoms with Gasteiger partial charge in [0.1, 0.15) is 5.75 Å². The van der Waals surface area contributed by atoms with Crippen molar-refractivity contribution in [2.24, 2.45) is 0 Å². The van der Waals surface area contributed by atoms with Gasteiger partial charge in [0.05, 0.1) is 12.4 Å². The van der Waals surface area contributed by atoms with E-state index in [0.717, 1.165) is 16.2 Å². The lowest BCUT2D eigenvalue weighted by Crippen LogP contribution is -2.13. The molecule has 0 aromatic heterocycles. The summed E-state index contributed by atoms with van der Waals surface area (Å²) >= 11 is 1.60. The Bertz CT molecular complexity index is 632. The lowest BCUT2D eigenvalue weighted by atomic mass is 10.1. The third-order valence-corrected chi connectivity index (χ3v) is 4.63. The largest absolute Gasteiger partial charge is 0.497 e. The SMILES string of the molecule is COc1ccc(C(=O)C(C)Sc2ccc(C)c(C)c2)cc1. The summed E-state index contributed by atoms with van der Waals surface area (Å²) in [5, 5.41) is -0.111. The van der Waals surface area contributed by atoms with Crippen LogP contribution in [0.4, 0.5) is 0 Å². The summed E-state index contributed by atoms with van der Waals surface area (Å²) in [5.74, 6) is 0.905. The highest BCUT2D eigenvalue weighted by atomic mass is 32.2. The van der Waals surface area contributed by atoms with Gasteiger partial charge in [0.2, 0.25) is 0 Å². The molecule has 2 aromatic carbocycles. The number of rotatable bonds is 5. The molecule has 0 amide bonds. The highest BCUT2D eigenvalue weighted by Crippen LogP contribution is 2.27. The van der Waals surface area contributed by atoms with Crippen molar-refractivity contribution < 1.29 is 9.53 Å². The van der Waals surface area contributed by atoms with Gasteiger partial charge in [0.15, 0.2) is 5.78 Å². The molecule has 2 aromatic rings. The molecular weight excluding hydrogens is 280 g/mol. The van der Waals surface area contributed by atoms with Gasteiger partial charge >= 0.3 is 0 Å². The van der Waals surface area contributed by atoms with Gasteiger partial charge in [0.25, 0.3) is 0 Å². The fraction of sp³-hybridized carbons (Fsp3) is 0.278. The molecule has 0 aliphatic carbocycles. The van der Waals surface area contributed by atoms with Crippen molar-refractivity contribution in [1.82, 2.24) is 0 Å². The van der Waals surface area contributed by atoms with E-state index in [-0.39, 0.29) is 11.0 Å². The number of hydrogen-bond acceptors (Lipinski definition) is 3. The van der Waals surface area contributed by atoms with Gasteiger partial charge < -0.3 is 4.74 Å². The first-order valence-electron chi connectivity index (χ1n) is 6.93. The van der Waals surface area contributed by atoms with Gasteiger partial charge in [-0.2, -0.15) is 0 Å². The predicted octanol–water partition coefficient (Wildman–Crippen LogP) is 4.68. The van der Waals surface area contributed by atoms with Gasteiger partial charge in [-0.05, 0) is 68.3 Å². The molecule has 1 atom stereocenters. The lowest BCUT2D eigenvalue weighted by Gasteiger charge is -2.12. The van der Waals surface area contributed by atoms with Gasteiger partial charge in [0, 0.05) is 10.5 Å². The minimum absolute atomic E-state index is 0.111. The fourth-order valence-electron chi connectivity index (χ4n) is 2.03. The zero-order valence-corrected chi connectivity index (χ0v) is 13.7. The number of hydrogen-bond donors (Lipinski definition) is 0. The number of ketones is 1. The molecule has 0 saturated heterocycles. The van der Waals surface area contributed by atoms with Crippen LogP contribution in [0.15, 0.2) is 47.4 Å². The molecule has 0 heterocycles. The van der Waals surface area contributed by atoms with Crippen molar-refractivity contribution in [2.75, 3.05) is 7.11 Å². The molecule has 2 nitrogen and oxygen atoms in total. The molecule has 3 heteroatoms. The van der Waals surface area contributed by atoms with E-state index in [1.165, 1.54) is 11.1 Å². The number of methoxy groups -OCH3 is 1. The number of ether oxygens (including phenoxy) is 1. The number of benzene rings is 2. The van der Waals surface area contributed by atoms with Crippen LogP contribution in [0.25, 0.3) is 0 Å². The molecule has 0 bridgehead atoms. The monoisotopic (exact) mass is 300 g/mol. The van der Waals surface area contributed by atoms with Crippen LogP contribution in [0.2, 0.25) is 0 Å². The van der Waals surface area contributed by atoms with E-state index in [4.69, 9.17) is 4.74 Å². The van der Waals surface area contributed by atoms with Crippen LogP contribution in [0.1, 0.15) is 28.4 Å². The summed E-state index contributed by atoms with van der Waals surface area (Å²) in [7, 11) is 1.62. The standard InChI is InChI=1S/C18H20O2S/c1-12-5-10-17(11-13(12)2)21-14(3)18(19)15-6-8-16(20-4)9-7-15/h5-11,14H,1-4H3. The Labute approximate surface area is 130 Å². The van der Waals surface area contributed by atoms with Gasteiger partial charge in [-0.1, -0.05) is 6.07 Å². The van der Waals surface area contributed by atoms with Gasteiger partial charge in [-0.15, -0.1) is 11.8 Å². The Balaban J connectivity index is 2.09. The van der Waals surface area contributed by atoms with E-state index < -0.39 is 0 Å². The van der Waals surface area contributed by atoms with Gasteiger partial charge in [-0.3, -0.25) is 4.79 Å². The van der Waals surface area contributed by atoms with E-state index in [9.17, 15) is 4.79 Å². The third-order valence-electron chi connectivity index (χ3n) is 3.53. The van der Waals surface area contributed by atoms with Crippen LogP contribution >= 0.6 is 11.8 Å². The number of thioether (sulfide) groups is 1. The average molecular weight is 300 g/mol. The Morgan fingerprint density at radius 3 is 2.29 bits per heavy atom. The lowest BCUT2D eigenvalue weighted by molar-refractivity contribution is 0.0994. The van der Waals surface area contributed by atoms with Crippen molar-refractivity contribution in [2.45, 2.75) is 30.9 Å². The van der Waals surface area contributed by atoms with Crippen LogP contribution in [-0.4, -0.2) is 18.1 Å². The molecule has 0 radical (unpaired) electrons. The van der Waals surface area contributed by atoms with E-state index >= 15 is 0 Å². The maximum absolute atomic E-state index is 12.4. The summed E-state index contributed by atoms with van der Waals surface area (Å²) < 4.78 is 5.11. The average Bonchev–Trinajstić information content (AvgIpc) is 2.50. The molecule has 1 unspecified atom stereocenters. The predicted molar refractivity (Wildman–Crippen MR) is 88.6 cm³/mol. The zero-order chi connectivity index (χ0) is 15.4. The van der Waals surface area contributed by atoms with E-state index in [2.05, 4.69) is 32.0 Å².